The van der Waals surface area contributed by atoms with E-state index >= 15 is 0 Å². The summed E-state index contributed by atoms with van der Waals surface area (Å²) in [6.07, 6.45) is 2.09. The molecule has 0 bridgehead atoms. The largest absolute Gasteiger partial charge is 0.539 e. The molecular weight excluding hydrogens is 232 g/mol. The van der Waals surface area contributed by atoms with Crippen molar-refractivity contribution < 1.29 is 4.43 Å². The van der Waals surface area contributed by atoms with Crippen LogP contribution in [-0.2, 0) is 4.43 Å². The van der Waals surface area contributed by atoms with Gasteiger partial charge in [-0.3, -0.25) is 0 Å². The van der Waals surface area contributed by atoms with E-state index < -0.39 is 8.32 Å². The molecule has 3 heteroatoms. The molecule has 0 aliphatic rings. The average molecular weight is 261 g/mol. The van der Waals surface area contributed by atoms with E-state index in [4.69, 9.17) is 4.43 Å². The first kappa shape index (κ1) is 16.1. The molecule has 0 heterocycles. The molecule has 0 atom stereocenters. The van der Waals surface area contributed by atoms with Gasteiger partial charge in [0.2, 0.25) is 0 Å². The van der Waals surface area contributed by atoms with E-state index in [0.29, 0.717) is 0 Å². The summed E-state index contributed by atoms with van der Waals surface area (Å²) in [5.41, 5.74) is 0. The number of rotatable bonds is 3. The normalized spacial score (nSPS) is 15.2. The topological polar surface area (TPSA) is 9.23 Å². The molecule has 1 nitrogen and oxygen atoms in total. The quantitative estimate of drug-likeness (QED) is 0.496. The summed E-state index contributed by atoms with van der Waals surface area (Å²) in [7, 11) is -1.68. The van der Waals surface area contributed by atoms with Crippen LogP contribution >= 0.6 is 11.8 Å². The summed E-state index contributed by atoms with van der Waals surface area (Å²) in [4.78, 5) is 0. The Hall–Kier alpha value is 0.107. The molecule has 0 fully saturated rings. The molecule has 0 rings (SSSR count). The third-order valence-electron chi connectivity index (χ3n) is 2.80. The first-order valence-electron chi connectivity index (χ1n) is 5.93. The minimum atomic E-state index is -1.68. The SMILES string of the molecule is C/C=C(/O[Si](C)(C)C(C)(C)C)SC(C)(C)C. The van der Waals surface area contributed by atoms with E-state index in [2.05, 4.69) is 67.6 Å². The Morgan fingerprint density at radius 3 is 1.75 bits per heavy atom. The van der Waals surface area contributed by atoms with Crippen LogP contribution in [0.25, 0.3) is 0 Å². The molecule has 96 valence electrons. The zero-order valence-corrected chi connectivity index (χ0v) is 14.2. The Morgan fingerprint density at radius 2 is 1.50 bits per heavy atom. The average Bonchev–Trinajstić information content (AvgIpc) is 1.97. The van der Waals surface area contributed by atoms with Gasteiger partial charge in [-0.1, -0.05) is 53.3 Å². The van der Waals surface area contributed by atoms with Crippen molar-refractivity contribution in [3.8, 4) is 0 Å². The predicted octanol–water partition coefficient (Wildman–Crippen LogP) is 5.40. The lowest BCUT2D eigenvalue weighted by Gasteiger charge is -2.38. The third kappa shape index (κ3) is 5.44. The highest BCUT2D eigenvalue weighted by Crippen LogP contribution is 2.41. The lowest BCUT2D eigenvalue weighted by Crippen LogP contribution is -2.40. The second kappa shape index (κ2) is 5.17. The summed E-state index contributed by atoms with van der Waals surface area (Å²) >= 11 is 1.82. The lowest BCUT2D eigenvalue weighted by molar-refractivity contribution is 0.415. The lowest BCUT2D eigenvalue weighted by atomic mass is 10.2. The Morgan fingerprint density at radius 1 is 1.06 bits per heavy atom. The molecule has 0 aromatic heterocycles. The molecule has 0 N–H and O–H groups in total. The standard InChI is InChI=1S/C13H28OSSi/c1-10-11(15-12(2,3)4)14-16(8,9)13(5,6)7/h10H,1-9H3/b11-10-. The van der Waals surface area contributed by atoms with Gasteiger partial charge in [-0.25, -0.2) is 0 Å². The fourth-order valence-corrected chi connectivity index (χ4v) is 3.29. The summed E-state index contributed by atoms with van der Waals surface area (Å²) in [6.45, 7) is 20.1. The van der Waals surface area contributed by atoms with Crippen molar-refractivity contribution in [3.63, 3.8) is 0 Å². The summed E-state index contributed by atoms with van der Waals surface area (Å²) < 4.78 is 6.50. The highest BCUT2D eigenvalue weighted by atomic mass is 32.2. The zero-order valence-electron chi connectivity index (χ0n) is 12.4. The molecular formula is C13H28OSSi. The van der Waals surface area contributed by atoms with E-state index in [0.717, 1.165) is 5.09 Å². The minimum absolute atomic E-state index is 0.213. The first-order chi connectivity index (χ1) is 6.89. The van der Waals surface area contributed by atoms with E-state index in [1.54, 1.807) is 0 Å². The van der Waals surface area contributed by atoms with Crippen LogP contribution in [0.3, 0.4) is 0 Å². The van der Waals surface area contributed by atoms with Crippen molar-refractivity contribution >= 4 is 20.1 Å². The Balaban J connectivity index is 4.70. The van der Waals surface area contributed by atoms with Gasteiger partial charge in [0.25, 0.3) is 8.32 Å². The van der Waals surface area contributed by atoms with Crippen LogP contribution in [0.1, 0.15) is 48.5 Å². The maximum Gasteiger partial charge on any atom is 0.251 e. The van der Waals surface area contributed by atoms with Gasteiger partial charge in [0.15, 0.2) is 0 Å². The van der Waals surface area contributed by atoms with Crippen molar-refractivity contribution in [3.05, 3.63) is 11.2 Å². The third-order valence-corrected chi connectivity index (χ3v) is 8.43. The van der Waals surface area contributed by atoms with Gasteiger partial charge in [0.05, 0.1) is 0 Å². The fourth-order valence-electron chi connectivity index (χ4n) is 0.845. The van der Waals surface area contributed by atoms with Crippen molar-refractivity contribution in [1.82, 2.24) is 0 Å². The van der Waals surface area contributed by atoms with Gasteiger partial charge >= 0.3 is 0 Å². The molecule has 0 aliphatic heterocycles. The van der Waals surface area contributed by atoms with Crippen LogP contribution in [0.4, 0.5) is 0 Å². The number of allylic oxidation sites excluding steroid dienone is 1. The molecule has 0 unspecified atom stereocenters. The Labute approximate surface area is 107 Å². The highest BCUT2D eigenvalue weighted by molar-refractivity contribution is 8.04. The molecule has 0 amide bonds. The van der Waals surface area contributed by atoms with Gasteiger partial charge in [0, 0.05) is 4.75 Å². The second-order valence-electron chi connectivity index (χ2n) is 6.68. The molecule has 0 radical (unpaired) electrons. The molecule has 0 saturated carbocycles. The summed E-state index contributed by atoms with van der Waals surface area (Å²) in [5, 5.41) is 1.35. The Bertz CT molecular complexity index is 256. The van der Waals surface area contributed by atoms with Gasteiger partial charge in [-0.2, -0.15) is 0 Å². The van der Waals surface area contributed by atoms with E-state index in [-0.39, 0.29) is 9.79 Å². The predicted molar refractivity (Wildman–Crippen MR) is 79.4 cm³/mol. The summed E-state index contributed by atoms with van der Waals surface area (Å²) in [6, 6.07) is 0. The maximum atomic E-state index is 6.29. The van der Waals surface area contributed by atoms with Crippen LogP contribution < -0.4 is 0 Å². The van der Waals surface area contributed by atoms with Crippen molar-refractivity contribution in [2.24, 2.45) is 0 Å². The summed E-state index contributed by atoms with van der Waals surface area (Å²) in [5.74, 6) is 0. The Kier molecular flexibility index (Phi) is 5.21. The van der Waals surface area contributed by atoms with Gasteiger partial charge < -0.3 is 4.43 Å². The minimum Gasteiger partial charge on any atom is -0.539 e. The van der Waals surface area contributed by atoms with E-state index in [9.17, 15) is 0 Å². The highest BCUT2D eigenvalue weighted by Gasteiger charge is 2.39. The van der Waals surface area contributed by atoms with Crippen LogP contribution in [0.5, 0.6) is 0 Å². The van der Waals surface area contributed by atoms with Crippen molar-refractivity contribution in [2.45, 2.75) is 71.3 Å². The smallest absolute Gasteiger partial charge is 0.251 e. The van der Waals surface area contributed by atoms with Crippen molar-refractivity contribution in [2.75, 3.05) is 0 Å². The molecule has 0 saturated heterocycles. The van der Waals surface area contributed by atoms with Gasteiger partial charge in [0.1, 0.15) is 5.09 Å². The van der Waals surface area contributed by atoms with Crippen molar-refractivity contribution in [1.29, 1.82) is 0 Å². The first-order valence-corrected chi connectivity index (χ1v) is 9.66. The van der Waals surface area contributed by atoms with Crippen LogP contribution in [0.2, 0.25) is 18.1 Å². The van der Waals surface area contributed by atoms with E-state index in [1.165, 1.54) is 0 Å². The molecule has 0 aromatic rings. The fraction of sp³-hybridized carbons (Fsp3) is 0.846. The van der Waals surface area contributed by atoms with Crippen LogP contribution in [0, 0.1) is 0 Å². The van der Waals surface area contributed by atoms with Crippen LogP contribution in [0.15, 0.2) is 11.2 Å². The van der Waals surface area contributed by atoms with Crippen LogP contribution in [-0.4, -0.2) is 13.1 Å². The second-order valence-corrected chi connectivity index (χ2v) is 13.2. The molecule has 0 aliphatic carbocycles. The van der Waals surface area contributed by atoms with Gasteiger partial charge in [-0.05, 0) is 31.1 Å². The number of thioether (sulfide) groups is 1. The number of hydrogen-bond acceptors (Lipinski definition) is 2. The van der Waals surface area contributed by atoms with Gasteiger partial charge in [-0.15, -0.1) is 0 Å². The molecule has 0 aromatic carbocycles. The molecule has 16 heavy (non-hydrogen) atoms. The molecule has 0 spiro atoms. The maximum absolute atomic E-state index is 6.29. The van der Waals surface area contributed by atoms with E-state index in [1.807, 2.05) is 11.8 Å². The monoisotopic (exact) mass is 260 g/mol. The number of hydrogen-bond donors (Lipinski definition) is 0. The zero-order chi connectivity index (χ0) is 13.2.